The van der Waals surface area contributed by atoms with Crippen molar-refractivity contribution in [3.63, 3.8) is 0 Å². The van der Waals surface area contributed by atoms with Crippen LogP contribution in [-0.4, -0.2) is 10.1 Å². The Morgan fingerprint density at radius 3 is 1.97 bits per heavy atom. The van der Waals surface area contributed by atoms with Gasteiger partial charge in [-0.2, -0.15) is 26.3 Å². The summed E-state index contributed by atoms with van der Waals surface area (Å²) >= 11 is 2.84. The molecule has 2 nitrogen and oxygen atoms in total. The number of rotatable bonds is 6. The van der Waals surface area contributed by atoms with E-state index in [1.165, 1.54) is 47.4 Å². The Labute approximate surface area is 211 Å². The zero-order valence-electron chi connectivity index (χ0n) is 18.7. The molecule has 0 saturated carbocycles. The van der Waals surface area contributed by atoms with Crippen molar-refractivity contribution in [3.8, 4) is 16.3 Å². The van der Waals surface area contributed by atoms with Gasteiger partial charge in [-0.05, 0) is 60.5 Å². The van der Waals surface area contributed by atoms with Gasteiger partial charge in [0.25, 0.3) is 0 Å². The summed E-state index contributed by atoms with van der Waals surface area (Å²) in [5, 5.41) is 10.3. The minimum atomic E-state index is -4.45. The Morgan fingerprint density at radius 1 is 0.833 bits per heavy atom. The molecule has 0 radical (unpaired) electrons. The van der Waals surface area contributed by atoms with Crippen LogP contribution in [0.1, 0.15) is 32.8 Å². The number of thiazole rings is 1. The van der Waals surface area contributed by atoms with Gasteiger partial charge >= 0.3 is 12.4 Å². The van der Waals surface area contributed by atoms with Crippen molar-refractivity contribution in [2.75, 3.05) is 0 Å². The first-order chi connectivity index (χ1) is 16.9. The zero-order valence-corrected chi connectivity index (χ0v) is 20.4. The molecule has 4 rings (SSSR count). The van der Waals surface area contributed by atoms with E-state index >= 15 is 0 Å². The second-order valence-corrected chi connectivity index (χ2v) is 10.2. The first kappa shape index (κ1) is 26.1. The highest BCUT2D eigenvalue weighted by Gasteiger charge is 2.31. The molecule has 36 heavy (non-hydrogen) atoms. The number of phenolic OH excluding ortho intramolecular Hbond substituents is 1. The van der Waals surface area contributed by atoms with Crippen LogP contribution in [0.15, 0.2) is 71.6 Å². The summed E-state index contributed by atoms with van der Waals surface area (Å²) < 4.78 is 77.6. The van der Waals surface area contributed by atoms with Gasteiger partial charge in [0.2, 0.25) is 0 Å². The molecule has 10 heteroatoms. The number of alkyl halides is 6. The van der Waals surface area contributed by atoms with Crippen molar-refractivity contribution in [3.05, 3.63) is 99.6 Å². The van der Waals surface area contributed by atoms with Gasteiger partial charge in [0.05, 0.1) is 16.8 Å². The Balaban J connectivity index is 1.63. The monoisotopic (exact) mass is 539 g/mol. The molecule has 0 spiro atoms. The number of hydrogen-bond donors (Lipinski definition) is 1. The molecule has 1 heterocycles. The topological polar surface area (TPSA) is 33.1 Å². The minimum absolute atomic E-state index is 0.185. The standard InChI is InChI=1S/C26H19F6NOS2/c1-15-12-20(10-11-22(15)34)35-14-23-21(13-16-2-6-18(7-3-16)25(27,28)29)33-24(36-23)17-4-8-19(9-5-17)26(30,31)32/h2-12,34H,13-14H2,1H3. The maximum Gasteiger partial charge on any atom is 0.416 e. The summed E-state index contributed by atoms with van der Waals surface area (Å²) in [6, 6.07) is 14.8. The highest BCUT2D eigenvalue weighted by molar-refractivity contribution is 7.98. The van der Waals surface area contributed by atoms with E-state index in [1.807, 2.05) is 6.07 Å². The fourth-order valence-corrected chi connectivity index (χ4v) is 5.61. The van der Waals surface area contributed by atoms with Gasteiger partial charge in [0.1, 0.15) is 10.8 Å². The van der Waals surface area contributed by atoms with Gasteiger partial charge in [-0.25, -0.2) is 4.98 Å². The number of hydrogen-bond acceptors (Lipinski definition) is 4. The third kappa shape index (κ3) is 6.22. The van der Waals surface area contributed by atoms with Crippen LogP contribution < -0.4 is 0 Å². The molecule has 1 aromatic heterocycles. The number of halogens is 6. The van der Waals surface area contributed by atoms with Gasteiger partial charge in [-0.1, -0.05) is 24.3 Å². The quantitative estimate of drug-likeness (QED) is 0.196. The van der Waals surface area contributed by atoms with Crippen molar-refractivity contribution in [2.45, 2.75) is 36.3 Å². The molecule has 0 aliphatic heterocycles. The predicted molar refractivity (Wildman–Crippen MR) is 129 cm³/mol. The lowest BCUT2D eigenvalue weighted by Gasteiger charge is -2.08. The van der Waals surface area contributed by atoms with Crippen molar-refractivity contribution in [1.29, 1.82) is 0 Å². The SMILES string of the molecule is Cc1cc(SCc2sc(-c3ccc(C(F)(F)F)cc3)nc2Cc2ccc(C(F)(F)F)cc2)ccc1O. The third-order valence-corrected chi connectivity index (χ3v) is 7.78. The van der Waals surface area contributed by atoms with Crippen LogP contribution in [0.3, 0.4) is 0 Å². The van der Waals surface area contributed by atoms with Crippen LogP contribution in [-0.2, 0) is 24.5 Å². The molecule has 4 aromatic rings. The maximum absolute atomic E-state index is 12.9. The lowest BCUT2D eigenvalue weighted by atomic mass is 10.1. The van der Waals surface area contributed by atoms with Crippen LogP contribution in [0.25, 0.3) is 10.6 Å². The fraction of sp³-hybridized carbons (Fsp3) is 0.192. The van der Waals surface area contributed by atoms with Crippen LogP contribution >= 0.6 is 23.1 Å². The predicted octanol–water partition coefficient (Wildman–Crippen LogP) is 8.74. The van der Waals surface area contributed by atoms with Crippen molar-refractivity contribution in [2.24, 2.45) is 0 Å². The Hall–Kier alpha value is -2.98. The molecule has 188 valence electrons. The molecule has 0 atom stereocenters. The number of aryl methyl sites for hydroxylation is 1. The summed E-state index contributed by atoms with van der Waals surface area (Å²) in [7, 11) is 0. The van der Waals surface area contributed by atoms with Gasteiger partial charge in [-0.3, -0.25) is 0 Å². The summed E-state index contributed by atoms with van der Waals surface area (Å²) in [5.41, 5.74) is 1.04. The van der Waals surface area contributed by atoms with Gasteiger partial charge in [-0.15, -0.1) is 23.1 Å². The van der Waals surface area contributed by atoms with Gasteiger partial charge < -0.3 is 5.11 Å². The molecule has 0 aliphatic carbocycles. The maximum atomic E-state index is 12.9. The average molecular weight is 540 g/mol. The summed E-state index contributed by atoms with van der Waals surface area (Å²) in [6.07, 6.45) is -8.60. The normalized spacial score (nSPS) is 12.2. The smallest absolute Gasteiger partial charge is 0.416 e. The number of thioether (sulfide) groups is 1. The molecule has 3 aromatic carbocycles. The van der Waals surface area contributed by atoms with E-state index in [1.54, 1.807) is 19.1 Å². The molecule has 0 saturated heterocycles. The molecule has 0 unspecified atom stereocenters. The van der Waals surface area contributed by atoms with E-state index in [0.717, 1.165) is 39.6 Å². The van der Waals surface area contributed by atoms with E-state index in [2.05, 4.69) is 4.98 Å². The third-order valence-electron chi connectivity index (χ3n) is 5.43. The lowest BCUT2D eigenvalue weighted by Crippen LogP contribution is -2.04. The van der Waals surface area contributed by atoms with E-state index < -0.39 is 23.5 Å². The first-order valence-corrected chi connectivity index (χ1v) is 12.4. The van der Waals surface area contributed by atoms with Gasteiger partial charge in [0, 0.05) is 27.5 Å². The van der Waals surface area contributed by atoms with Crippen molar-refractivity contribution in [1.82, 2.24) is 4.98 Å². The van der Waals surface area contributed by atoms with Crippen LogP contribution in [0.2, 0.25) is 0 Å². The summed E-state index contributed by atoms with van der Waals surface area (Å²) in [5.74, 6) is 0.683. The number of phenols is 1. The molecule has 0 fully saturated rings. The fourth-order valence-electron chi connectivity index (χ4n) is 3.43. The van der Waals surface area contributed by atoms with Crippen LogP contribution in [0, 0.1) is 6.92 Å². The molecule has 0 amide bonds. The number of aromatic nitrogens is 1. The Bertz CT molecular complexity index is 1340. The number of nitrogens with zero attached hydrogens (tertiary/aromatic N) is 1. The Kier molecular flexibility index (Phi) is 7.38. The highest BCUT2D eigenvalue weighted by Crippen LogP contribution is 2.37. The highest BCUT2D eigenvalue weighted by atomic mass is 32.2. The Morgan fingerprint density at radius 2 is 1.42 bits per heavy atom. The molecule has 0 aliphatic rings. The second kappa shape index (κ2) is 10.2. The zero-order chi connectivity index (χ0) is 26.1. The van der Waals surface area contributed by atoms with Crippen LogP contribution in [0.4, 0.5) is 26.3 Å². The molecular weight excluding hydrogens is 520 g/mol. The van der Waals surface area contributed by atoms with E-state index in [0.29, 0.717) is 27.6 Å². The van der Waals surface area contributed by atoms with E-state index in [-0.39, 0.29) is 12.2 Å². The van der Waals surface area contributed by atoms with Gasteiger partial charge in [0.15, 0.2) is 0 Å². The molecule has 0 bridgehead atoms. The largest absolute Gasteiger partial charge is 0.508 e. The summed E-state index contributed by atoms with van der Waals surface area (Å²) in [6.45, 7) is 1.78. The first-order valence-electron chi connectivity index (χ1n) is 10.6. The van der Waals surface area contributed by atoms with Crippen molar-refractivity contribution >= 4 is 23.1 Å². The van der Waals surface area contributed by atoms with Crippen LogP contribution in [0.5, 0.6) is 5.75 Å². The molecular formula is C26H19F6NOS2. The second-order valence-electron chi connectivity index (χ2n) is 8.07. The number of benzene rings is 3. The van der Waals surface area contributed by atoms with E-state index in [4.69, 9.17) is 0 Å². The minimum Gasteiger partial charge on any atom is -0.508 e. The van der Waals surface area contributed by atoms with E-state index in [9.17, 15) is 31.4 Å². The lowest BCUT2D eigenvalue weighted by molar-refractivity contribution is -0.138. The molecule has 1 N–H and O–H groups in total. The van der Waals surface area contributed by atoms with Crippen molar-refractivity contribution < 1.29 is 31.4 Å². The average Bonchev–Trinajstić information content (AvgIpc) is 3.21. The summed E-state index contributed by atoms with van der Waals surface area (Å²) in [4.78, 5) is 6.42. The number of aromatic hydroxyl groups is 1.